The number of unbranched alkanes of at least 4 members (excludes halogenated alkanes) is 27. The molecule has 0 unspecified atom stereocenters. The molecular formula is C33H64O2. The Hall–Kier alpha value is -0.790. The smallest absolute Gasteiger partial charge is 0.310 e. The molecule has 0 atom stereocenters. The normalized spacial score (nSPS) is 11.1. The summed E-state index contributed by atoms with van der Waals surface area (Å²) in [6, 6.07) is 0. The van der Waals surface area contributed by atoms with Crippen molar-refractivity contribution in [2.24, 2.45) is 0 Å². The van der Waals surface area contributed by atoms with Crippen LogP contribution in [-0.2, 0) is 9.53 Å². The summed E-state index contributed by atoms with van der Waals surface area (Å²) < 4.78 is 4.73. The van der Waals surface area contributed by atoms with Crippen molar-refractivity contribution >= 4 is 5.97 Å². The third-order valence-corrected chi connectivity index (χ3v) is 7.45. The second kappa shape index (κ2) is 31.2. The van der Waals surface area contributed by atoms with Crippen molar-refractivity contribution in [1.82, 2.24) is 0 Å². The third-order valence-electron chi connectivity index (χ3n) is 7.45. The maximum absolute atomic E-state index is 11.2. The number of rotatable bonds is 30. The molecule has 0 radical (unpaired) electrons. The number of ether oxygens (including phenoxy) is 1. The summed E-state index contributed by atoms with van der Waals surface area (Å²) in [4.78, 5) is 11.2. The lowest BCUT2D eigenvalue weighted by Crippen LogP contribution is -1.98. The number of carbonyl (C=O) groups excluding carboxylic acids is 1. The van der Waals surface area contributed by atoms with Gasteiger partial charge in [-0.25, -0.2) is 0 Å². The molecule has 0 saturated heterocycles. The standard InChI is InChI=1S/C33H64O2/c1-3-5-6-7-8-9-10-11-12-13-14-15-16-17-18-19-20-21-22-23-24-25-26-27-28-29-30-31-32-33(34)35-4-2/h4H,2-3,5-32H2,1H3. The molecule has 0 amide bonds. The maximum Gasteiger partial charge on any atom is 0.310 e. The Bertz CT molecular complexity index is 417. The average molecular weight is 493 g/mol. The van der Waals surface area contributed by atoms with Gasteiger partial charge < -0.3 is 4.74 Å². The van der Waals surface area contributed by atoms with Crippen molar-refractivity contribution in [3.05, 3.63) is 12.8 Å². The van der Waals surface area contributed by atoms with Crippen molar-refractivity contribution in [2.45, 2.75) is 193 Å². The molecule has 0 rings (SSSR count). The summed E-state index contributed by atoms with van der Waals surface area (Å²) in [6.45, 7) is 5.71. The zero-order valence-corrected chi connectivity index (χ0v) is 24.1. The van der Waals surface area contributed by atoms with Gasteiger partial charge in [0.15, 0.2) is 0 Å². The first kappa shape index (κ1) is 34.2. The minimum absolute atomic E-state index is 0.144. The van der Waals surface area contributed by atoms with Crippen LogP contribution in [0.4, 0.5) is 0 Å². The van der Waals surface area contributed by atoms with Crippen LogP contribution in [0.2, 0.25) is 0 Å². The van der Waals surface area contributed by atoms with Gasteiger partial charge in [0.1, 0.15) is 0 Å². The number of carbonyl (C=O) groups is 1. The van der Waals surface area contributed by atoms with Gasteiger partial charge in [-0.05, 0) is 6.42 Å². The molecular weight excluding hydrogens is 428 g/mol. The molecule has 0 N–H and O–H groups in total. The van der Waals surface area contributed by atoms with Crippen LogP contribution in [0.3, 0.4) is 0 Å². The first-order valence-electron chi connectivity index (χ1n) is 16.1. The van der Waals surface area contributed by atoms with Crippen LogP contribution in [0.1, 0.15) is 193 Å². The number of hydrogen-bond acceptors (Lipinski definition) is 2. The van der Waals surface area contributed by atoms with Gasteiger partial charge >= 0.3 is 5.97 Å². The van der Waals surface area contributed by atoms with Crippen molar-refractivity contribution in [1.29, 1.82) is 0 Å². The van der Waals surface area contributed by atoms with Crippen LogP contribution in [-0.4, -0.2) is 5.97 Å². The zero-order valence-electron chi connectivity index (χ0n) is 24.1. The SMILES string of the molecule is C=COC(=O)CCCCCCCCCCCCCCCCCCCCCCCCCCCCCC. The molecule has 0 fully saturated rings. The monoisotopic (exact) mass is 492 g/mol. The Balaban J connectivity index is 3.04. The van der Waals surface area contributed by atoms with Crippen LogP contribution in [0.25, 0.3) is 0 Å². The van der Waals surface area contributed by atoms with Gasteiger partial charge in [-0.15, -0.1) is 0 Å². The van der Waals surface area contributed by atoms with E-state index in [1.807, 2.05) is 0 Å². The molecule has 35 heavy (non-hydrogen) atoms. The summed E-state index contributed by atoms with van der Waals surface area (Å²) in [7, 11) is 0. The highest BCUT2D eigenvalue weighted by atomic mass is 16.5. The first-order valence-corrected chi connectivity index (χ1v) is 16.1. The molecule has 0 aromatic rings. The number of esters is 1. The van der Waals surface area contributed by atoms with E-state index in [9.17, 15) is 4.79 Å². The Kier molecular flexibility index (Phi) is 30.5. The predicted molar refractivity (Wildman–Crippen MR) is 156 cm³/mol. The van der Waals surface area contributed by atoms with E-state index in [0.717, 1.165) is 12.8 Å². The van der Waals surface area contributed by atoms with Crippen LogP contribution >= 0.6 is 0 Å². The van der Waals surface area contributed by atoms with E-state index >= 15 is 0 Å². The summed E-state index contributed by atoms with van der Waals surface area (Å²) in [5.74, 6) is -0.144. The predicted octanol–water partition coefficient (Wildman–Crippen LogP) is 12.0. The third kappa shape index (κ3) is 31.2. The fourth-order valence-electron chi connectivity index (χ4n) is 5.09. The van der Waals surface area contributed by atoms with Crippen LogP contribution < -0.4 is 0 Å². The summed E-state index contributed by atoms with van der Waals surface area (Å²) in [5, 5.41) is 0. The van der Waals surface area contributed by atoms with Crippen LogP contribution in [0.5, 0.6) is 0 Å². The summed E-state index contributed by atoms with van der Waals surface area (Å²) in [5.41, 5.74) is 0. The lowest BCUT2D eigenvalue weighted by molar-refractivity contribution is -0.138. The minimum atomic E-state index is -0.144. The van der Waals surface area contributed by atoms with Crippen molar-refractivity contribution in [3.8, 4) is 0 Å². The fraction of sp³-hybridized carbons (Fsp3) is 0.909. The van der Waals surface area contributed by atoms with E-state index in [-0.39, 0.29) is 5.97 Å². The zero-order chi connectivity index (χ0) is 25.5. The molecule has 2 nitrogen and oxygen atoms in total. The largest absolute Gasteiger partial charge is 0.435 e. The minimum Gasteiger partial charge on any atom is -0.435 e. The Labute approximate surface area is 221 Å². The van der Waals surface area contributed by atoms with Gasteiger partial charge in [-0.2, -0.15) is 0 Å². The lowest BCUT2D eigenvalue weighted by Gasteiger charge is -2.04. The number of hydrogen-bond donors (Lipinski definition) is 0. The topological polar surface area (TPSA) is 26.3 Å². The molecule has 0 aliphatic heterocycles. The molecule has 208 valence electrons. The second-order valence-electron chi connectivity index (χ2n) is 11.0. The fourth-order valence-corrected chi connectivity index (χ4v) is 5.09. The lowest BCUT2D eigenvalue weighted by atomic mass is 10.0. The average Bonchev–Trinajstić information content (AvgIpc) is 2.86. The molecule has 2 heteroatoms. The van der Waals surface area contributed by atoms with E-state index in [2.05, 4.69) is 13.5 Å². The molecule has 0 aliphatic carbocycles. The van der Waals surface area contributed by atoms with Gasteiger partial charge in [-0.3, -0.25) is 4.79 Å². The van der Waals surface area contributed by atoms with Gasteiger partial charge in [0.2, 0.25) is 0 Å². The second-order valence-corrected chi connectivity index (χ2v) is 11.0. The van der Waals surface area contributed by atoms with Gasteiger partial charge in [0.05, 0.1) is 6.26 Å². The molecule has 0 bridgehead atoms. The van der Waals surface area contributed by atoms with Gasteiger partial charge in [0, 0.05) is 6.42 Å². The molecule has 0 aromatic heterocycles. The quantitative estimate of drug-likeness (QED) is 0.0566. The van der Waals surface area contributed by atoms with E-state index < -0.39 is 0 Å². The Morgan fingerprint density at radius 1 is 0.457 bits per heavy atom. The van der Waals surface area contributed by atoms with Crippen LogP contribution in [0, 0.1) is 0 Å². The van der Waals surface area contributed by atoms with Crippen molar-refractivity contribution in [2.75, 3.05) is 0 Å². The first-order chi connectivity index (χ1) is 17.3. The van der Waals surface area contributed by atoms with E-state index in [1.54, 1.807) is 0 Å². The van der Waals surface area contributed by atoms with Crippen LogP contribution in [0.15, 0.2) is 12.8 Å². The maximum atomic E-state index is 11.2. The Morgan fingerprint density at radius 3 is 0.914 bits per heavy atom. The summed E-state index contributed by atoms with van der Waals surface area (Å²) in [6.07, 6.45) is 41.2. The van der Waals surface area contributed by atoms with Gasteiger partial charge in [0.25, 0.3) is 0 Å². The molecule has 0 spiro atoms. The molecule has 0 aromatic carbocycles. The molecule has 0 heterocycles. The Morgan fingerprint density at radius 2 is 0.686 bits per heavy atom. The highest BCUT2D eigenvalue weighted by Crippen LogP contribution is 2.16. The van der Waals surface area contributed by atoms with E-state index in [1.165, 1.54) is 173 Å². The van der Waals surface area contributed by atoms with E-state index in [4.69, 9.17) is 4.74 Å². The highest BCUT2D eigenvalue weighted by Gasteiger charge is 2.00. The molecule has 0 saturated carbocycles. The van der Waals surface area contributed by atoms with Crippen molar-refractivity contribution < 1.29 is 9.53 Å². The van der Waals surface area contributed by atoms with E-state index in [0.29, 0.717) is 6.42 Å². The highest BCUT2D eigenvalue weighted by molar-refractivity contribution is 5.69. The van der Waals surface area contributed by atoms with Crippen molar-refractivity contribution in [3.63, 3.8) is 0 Å². The summed E-state index contributed by atoms with van der Waals surface area (Å²) >= 11 is 0. The molecule has 0 aliphatic rings. The van der Waals surface area contributed by atoms with Gasteiger partial charge in [-0.1, -0.05) is 187 Å².